The molecule has 114 valence electrons. The summed E-state index contributed by atoms with van der Waals surface area (Å²) >= 11 is 0. The summed E-state index contributed by atoms with van der Waals surface area (Å²) in [5, 5.41) is 0. The first-order valence-electron chi connectivity index (χ1n) is 8.99. The van der Waals surface area contributed by atoms with E-state index in [0.717, 1.165) is 6.04 Å². The van der Waals surface area contributed by atoms with E-state index in [0.29, 0.717) is 16.4 Å². The Balaban J connectivity index is 1.71. The van der Waals surface area contributed by atoms with Gasteiger partial charge in [0.05, 0.1) is 5.54 Å². The Labute approximate surface area is 132 Å². The molecule has 7 rings (SSSR count). The Bertz CT molecular complexity index is 697. The highest BCUT2D eigenvalue weighted by molar-refractivity contribution is 5.70. The van der Waals surface area contributed by atoms with Gasteiger partial charge in [-0.2, -0.15) is 0 Å². The third-order valence-electron chi connectivity index (χ3n) is 8.19. The van der Waals surface area contributed by atoms with E-state index in [4.69, 9.17) is 0 Å². The van der Waals surface area contributed by atoms with Crippen molar-refractivity contribution < 1.29 is 0 Å². The number of likely N-dealkylation sites (N-methyl/N-ethyl adjacent to an activating group) is 1. The zero-order valence-corrected chi connectivity index (χ0v) is 13.4. The monoisotopic (exact) mass is 292 g/mol. The number of para-hydroxylation sites is 1. The van der Waals surface area contributed by atoms with E-state index in [9.17, 15) is 0 Å². The van der Waals surface area contributed by atoms with Gasteiger partial charge in [-0.1, -0.05) is 30.4 Å². The number of anilines is 1. The van der Waals surface area contributed by atoms with Crippen LogP contribution in [0.15, 0.2) is 36.4 Å². The third-order valence-corrected chi connectivity index (χ3v) is 8.19. The average Bonchev–Trinajstić information content (AvgIpc) is 3.07. The van der Waals surface area contributed by atoms with Crippen molar-refractivity contribution in [1.82, 2.24) is 4.90 Å². The van der Waals surface area contributed by atoms with Crippen LogP contribution in [0.5, 0.6) is 0 Å². The number of nitrogens with zero attached hydrogens (tertiary/aromatic N) is 2. The van der Waals surface area contributed by atoms with Crippen molar-refractivity contribution in [2.24, 2.45) is 5.41 Å². The third kappa shape index (κ3) is 0.973. The fourth-order valence-corrected chi connectivity index (χ4v) is 7.51. The van der Waals surface area contributed by atoms with Crippen molar-refractivity contribution in [3.63, 3.8) is 0 Å². The smallest absolute Gasteiger partial charge is 0.0512 e. The molecule has 1 aromatic rings. The lowest BCUT2D eigenvalue weighted by Gasteiger charge is -2.67. The van der Waals surface area contributed by atoms with Gasteiger partial charge in [-0.3, -0.25) is 4.90 Å². The molecule has 1 saturated heterocycles. The summed E-state index contributed by atoms with van der Waals surface area (Å²) in [5.41, 5.74) is 4.44. The van der Waals surface area contributed by atoms with E-state index < -0.39 is 0 Å². The molecule has 3 aliphatic heterocycles. The molecule has 2 heteroatoms. The predicted molar refractivity (Wildman–Crippen MR) is 89.3 cm³/mol. The molecule has 22 heavy (non-hydrogen) atoms. The number of hydrogen-bond acceptors (Lipinski definition) is 2. The first kappa shape index (κ1) is 12.2. The molecule has 2 bridgehead atoms. The van der Waals surface area contributed by atoms with Crippen LogP contribution >= 0.6 is 0 Å². The predicted octanol–water partition coefficient (Wildman–Crippen LogP) is 3.33. The van der Waals surface area contributed by atoms with Crippen molar-refractivity contribution in [2.75, 3.05) is 25.0 Å². The SMILES string of the molecule is CN1c2ccccc2C23CCN4CC=CC5(CCC12CC5)C43. The number of hydrogen-bond donors (Lipinski definition) is 0. The maximum atomic E-state index is 2.82. The van der Waals surface area contributed by atoms with Gasteiger partial charge < -0.3 is 4.90 Å². The molecule has 2 nitrogen and oxygen atoms in total. The van der Waals surface area contributed by atoms with Gasteiger partial charge in [0.2, 0.25) is 0 Å². The lowest BCUT2D eigenvalue weighted by Crippen LogP contribution is -2.73. The van der Waals surface area contributed by atoms with Crippen molar-refractivity contribution in [1.29, 1.82) is 0 Å². The highest BCUT2D eigenvalue weighted by atomic mass is 15.3. The summed E-state index contributed by atoms with van der Waals surface area (Å²) in [6.45, 7) is 2.47. The second kappa shape index (κ2) is 3.46. The van der Waals surface area contributed by atoms with E-state index in [1.54, 1.807) is 5.56 Å². The quantitative estimate of drug-likeness (QED) is 0.677. The highest BCUT2D eigenvalue weighted by Crippen LogP contribution is 2.73. The lowest BCUT2D eigenvalue weighted by molar-refractivity contribution is -0.0572. The molecule has 3 aliphatic carbocycles. The fraction of sp³-hybridized carbons (Fsp3) is 0.600. The van der Waals surface area contributed by atoms with Crippen LogP contribution in [0.2, 0.25) is 0 Å². The summed E-state index contributed by atoms with van der Waals surface area (Å²) in [6, 6.07) is 10.1. The minimum atomic E-state index is 0.388. The van der Waals surface area contributed by atoms with Gasteiger partial charge >= 0.3 is 0 Å². The Morgan fingerprint density at radius 2 is 1.86 bits per heavy atom. The molecule has 0 amide bonds. The molecular weight excluding hydrogens is 268 g/mol. The van der Waals surface area contributed by atoms with Gasteiger partial charge in [0.25, 0.3) is 0 Å². The Hall–Kier alpha value is -1.28. The zero-order valence-electron chi connectivity index (χ0n) is 13.4. The second-order valence-corrected chi connectivity index (χ2v) is 8.36. The van der Waals surface area contributed by atoms with Crippen LogP contribution in [0.4, 0.5) is 5.69 Å². The first-order valence-corrected chi connectivity index (χ1v) is 8.99. The van der Waals surface area contributed by atoms with Gasteiger partial charge in [0.15, 0.2) is 0 Å². The Morgan fingerprint density at radius 3 is 2.73 bits per heavy atom. The van der Waals surface area contributed by atoms with E-state index in [1.807, 2.05) is 0 Å². The molecule has 3 saturated carbocycles. The first-order chi connectivity index (χ1) is 10.7. The van der Waals surface area contributed by atoms with E-state index in [1.165, 1.54) is 50.9 Å². The van der Waals surface area contributed by atoms with Crippen LogP contribution in [0.1, 0.15) is 37.7 Å². The maximum absolute atomic E-state index is 2.82. The molecule has 6 aliphatic rings. The fourth-order valence-electron chi connectivity index (χ4n) is 7.51. The molecule has 3 heterocycles. The molecule has 2 atom stereocenters. The maximum Gasteiger partial charge on any atom is 0.0512 e. The van der Waals surface area contributed by atoms with E-state index >= 15 is 0 Å². The van der Waals surface area contributed by atoms with E-state index in [2.05, 4.69) is 53.3 Å². The number of fused-ring (bicyclic) bond motifs is 3. The number of rotatable bonds is 0. The molecule has 0 N–H and O–H groups in total. The van der Waals surface area contributed by atoms with Gasteiger partial charge in [-0.15, -0.1) is 0 Å². The molecule has 4 fully saturated rings. The average molecular weight is 292 g/mol. The summed E-state index contributed by atoms with van der Waals surface area (Å²) in [5.74, 6) is 0. The van der Waals surface area contributed by atoms with Gasteiger partial charge in [-0.05, 0) is 50.3 Å². The van der Waals surface area contributed by atoms with Crippen molar-refractivity contribution in [3.8, 4) is 0 Å². The minimum absolute atomic E-state index is 0.388. The minimum Gasteiger partial charge on any atom is -0.368 e. The van der Waals surface area contributed by atoms with Crippen LogP contribution in [0, 0.1) is 5.41 Å². The molecule has 0 aromatic heterocycles. The van der Waals surface area contributed by atoms with Crippen molar-refractivity contribution in [3.05, 3.63) is 42.0 Å². The second-order valence-electron chi connectivity index (χ2n) is 8.36. The summed E-state index contributed by atoms with van der Waals surface area (Å²) < 4.78 is 0. The van der Waals surface area contributed by atoms with Crippen LogP contribution in [-0.2, 0) is 5.41 Å². The number of benzene rings is 1. The molecule has 2 unspecified atom stereocenters. The van der Waals surface area contributed by atoms with Gasteiger partial charge in [0.1, 0.15) is 0 Å². The molecular formula is C20H24N2. The Kier molecular flexibility index (Phi) is 1.91. The zero-order chi connectivity index (χ0) is 14.6. The standard InChI is InChI=1S/C20H24N2/c1-21-16-6-3-2-5-15(16)20-12-14-22-13-4-7-18(17(20)22)8-10-19(20,21)11-9-18/h2-7,17H,8-14H2,1H3. The van der Waals surface area contributed by atoms with Crippen molar-refractivity contribution in [2.45, 2.75) is 49.1 Å². The topological polar surface area (TPSA) is 6.48 Å². The molecule has 0 radical (unpaired) electrons. The molecule has 1 aromatic carbocycles. The van der Waals surface area contributed by atoms with Crippen molar-refractivity contribution >= 4 is 5.69 Å². The highest BCUT2D eigenvalue weighted by Gasteiger charge is 2.75. The van der Waals surface area contributed by atoms with E-state index in [-0.39, 0.29) is 0 Å². The summed E-state index contributed by atoms with van der Waals surface area (Å²) in [4.78, 5) is 5.52. The lowest BCUT2D eigenvalue weighted by atomic mass is 9.42. The van der Waals surface area contributed by atoms with Crippen LogP contribution in [-0.4, -0.2) is 36.6 Å². The van der Waals surface area contributed by atoms with Crippen LogP contribution in [0.3, 0.4) is 0 Å². The van der Waals surface area contributed by atoms with Gasteiger partial charge in [-0.25, -0.2) is 0 Å². The molecule has 3 spiro atoms. The van der Waals surface area contributed by atoms with Crippen LogP contribution < -0.4 is 4.90 Å². The summed E-state index contributed by atoms with van der Waals surface area (Å²) in [7, 11) is 2.38. The van der Waals surface area contributed by atoms with Crippen LogP contribution in [0.25, 0.3) is 0 Å². The summed E-state index contributed by atoms with van der Waals surface area (Å²) in [6.07, 6.45) is 12.0. The largest absolute Gasteiger partial charge is 0.368 e. The normalized spacial score (nSPS) is 47.5. The van der Waals surface area contributed by atoms with Gasteiger partial charge in [0, 0.05) is 36.2 Å². The Morgan fingerprint density at radius 1 is 1.05 bits per heavy atom.